The van der Waals surface area contributed by atoms with Crippen LogP contribution in [0.25, 0.3) is 27.2 Å². The minimum Gasteiger partial charge on any atom is -0.346 e. The molecule has 20 nitrogen and oxygen atoms in total. The molecule has 4 aromatic rings. The lowest BCUT2D eigenvalue weighted by atomic mass is 10.1. The average Bonchev–Trinajstić information content (AvgIpc) is 3.73. The van der Waals surface area contributed by atoms with E-state index in [1.807, 2.05) is 0 Å². The first-order chi connectivity index (χ1) is 23.8. The number of H-pyrrole nitrogens is 2. The number of hydrogen-bond donors (Lipinski definition) is 4. The van der Waals surface area contributed by atoms with E-state index in [0.717, 1.165) is 6.33 Å². The molecule has 2 unspecified atom stereocenters. The third kappa shape index (κ3) is 7.61. The number of halogens is 1. The van der Waals surface area contributed by atoms with Crippen molar-refractivity contribution in [1.29, 1.82) is 0 Å². The summed E-state index contributed by atoms with van der Waals surface area (Å²) in [4.78, 5) is 73.8. The Hall–Kier alpha value is -3.39. The highest BCUT2D eigenvalue weighted by Crippen LogP contribution is 2.53. The van der Waals surface area contributed by atoms with E-state index in [-0.39, 0.29) is 60.4 Å². The van der Waals surface area contributed by atoms with Gasteiger partial charge in [-0.2, -0.15) is 4.98 Å². The predicted molar refractivity (Wildman–Crippen MR) is 178 cm³/mol. The van der Waals surface area contributed by atoms with Crippen LogP contribution < -0.4 is 16.4 Å². The number of fused-ring (bicyclic) bond motifs is 6. The van der Waals surface area contributed by atoms with Gasteiger partial charge in [-0.05, 0) is 23.6 Å². The van der Waals surface area contributed by atoms with Gasteiger partial charge in [0.2, 0.25) is 18.4 Å². The number of nitrogens with zero attached hydrogens (tertiary/aromatic N) is 7. The van der Waals surface area contributed by atoms with E-state index in [1.165, 1.54) is 15.5 Å². The number of carbonyl (C=O) groups is 1. The van der Waals surface area contributed by atoms with E-state index in [2.05, 4.69) is 40.1 Å². The number of nitrogens with one attached hydrogen (secondary N) is 3. The van der Waals surface area contributed by atoms with Crippen molar-refractivity contribution in [2.45, 2.75) is 51.6 Å². The number of ether oxygens (including phenoxy) is 1. The van der Waals surface area contributed by atoms with Crippen LogP contribution >= 0.6 is 13.4 Å². The Bertz CT molecular complexity index is 2190. The van der Waals surface area contributed by atoms with Crippen molar-refractivity contribution in [3.63, 3.8) is 0 Å². The van der Waals surface area contributed by atoms with Crippen LogP contribution in [0.15, 0.2) is 22.2 Å². The topological polar surface area (TPSA) is 236 Å². The molecule has 0 aliphatic carbocycles. The Kier molecular flexibility index (Phi) is 10.7. The first kappa shape index (κ1) is 36.4. The standard InChI is InChI=1S/C25H29FN10O10P2S2/c1-12(2)21(37)33-25-32-20-16(23(39)34-25)30-11-36(20)24-18-15(26)13(45-24)8-44-48(50,41-6-4-27-3)42-7-5-35-14(9-43-47(40,49)46-18)31-17-19(35)28-10-29-22(17)38/h10-13,15,18,24H,4-9H2,1-2H3,(H,40,49)(H,28,29,38)(H2,32,33,34,37,39)/t13-,15-,18-,24-,47?,48?/m1/s1. The number of rotatable bonds is 6. The fourth-order valence-electron chi connectivity index (χ4n) is 4.98. The minimum atomic E-state index is -4.32. The van der Waals surface area contributed by atoms with Gasteiger partial charge in [0, 0.05) is 12.5 Å². The van der Waals surface area contributed by atoms with E-state index in [1.54, 1.807) is 13.8 Å². The zero-order chi connectivity index (χ0) is 35.8. The lowest BCUT2D eigenvalue weighted by molar-refractivity contribution is -0.118. The van der Waals surface area contributed by atoms with Crippen LogP contribution in [0.1, 0.15) is 25.9 Å². The monoisotopic (exact) mass is 774 g/mol. The summed E-state index contributed by atoms with van der Waals surface area (Å²) in [7, 11) is 0. The van der Waals surface area contributed by atoms with Crippen LogP contribution in [0.2, 0.25) is 0 Å². The molecule has 268 valence electrons. The Morgan fingerprint density at radius 1 is 1.22 bits per heavy atom. The normalized spacial score (nSPS) is 27.8. The highest BCUT2D eigenvalue weighted by Gasteiger charge is 2.50. The molecule has 0 spiro atoms. The van der Waals surface area contributed by atoms with Crippen molar-refractivity contribution in [3.8, 4) is 0 Å². The molecule has 25 heteroatoms. The highest BCUT2D eigenvalue weighted by molar-refractivity contribution is 8.07. The first-order valence-electron chi connectivity index (χ1n) is 14.8. The summed E-state index contributed by atoms with van der Waals surface area (Å²) in [5.41, 5.74) is -1.45. The van der Waals surface area contributed by atoms with Crippen molar-refractivity contribution in [3.05, 3.63) is 50.6 Å². The molecule has 6 heterocycles. The zero-order valence-electron chi connectivity index (χ0n) is 26.1. The second-order valence-electron chi connectivity index (χ2n) is 11.1. The molecule has 2 aliphatic heterocycles. The maximum Gasteiger partial charge on any atom is 0.327 e. The Labute approximate surface area is 291 Å². The first-order valence-corrected chi connectivity index (χ1v) is 20.0. The number of hydrogen-bond acceptors (Lipinski definition) is 15. The Balaban J connectivity index is 1.39. The van der Waals surface area contributed by atoms with Crippen LogP contribution in [0.5, 0.6) is 0 Å². The van der Waals surface area contributed by atoms with Gasteiger partial charge in [0.1, 0.15) is 31.2 Å². The van der Waals surface area contributed by atoms with Crippen LogP contribution in [0.4, 0.5) is 10.3 Å². The average molecular weight is 775 g/mol. The summed E-state index contributed by atoms with van der Waals surface area (Å²) in [6.07, 6.45) is -4.36. The predicted octanol–water partition coefficient (Wildman–Crippen LogP) is 1.41. The van der Waals surface area contributed by atoms with Crippen molar-refractivity contribution < 1.29 is 41.4 Å². The van der Waals surface area contributed by atoms with Gasteiger partial charge < -0.3 is 42.1 Å². The molecule has 1 amide bonds. The third-order valence-electron chi connectivity index (χ3n) is 7.38. The summed E-state index contributed by atoms with van der Waals surface area (Å²) in [5.74, 6) is -0.993. The summed E-state index contributed by atoms with van der Waals surface area (Å²) in [5, 5.41) is 2.50. The molecule has 6 rings (SSSR count). The number of amides is 1. The van der Waals surface area contributed by atoms with Gasteiger partial charge in [-0.15, -0.1) is 0 Å². The van der Waals surface area contributed by atoms with Gasteiger partial charge >= 0.3 is 13.4 Å². The maximum absolute atomic E-state index is 16.4. The molecular weight excluding hydrogens is 745 g/mol. The quantitative estimate of drug-likeness (QED) is 0.123. The molecule has 1 saturated heterocycles. The van der Waals surface area contributed by atoms with Gasteiger partial charge in [-0.1, -0.05) is 13.8 Å². The van der Waals surface area contributed by atoms with Crippen LogP contribution in [-0.4, -0.2) is 94.6 Å². The second-order valence-corrected chi connectivity index (χ2v) is 16.9. The largest absolute Gasteiger partial charge is 0.346 e. The van der Waals surface area contributed by atoms with E-state index < -0.39 is 74.2 Å². The van der Waals surface area contributed by atoms with Gasteiger partial charge in [0.25, 0.3) is 11.1 Å². The number of anilines is 1. The number of alkyl halides is 1. The van der Waals surface area contributed by atoms with Crippen molar-refractivity contribution >= 4 is 71.2 Å². The Morgan fingerprint density at radius 2 is 2.02 bits per heavy atom. The fraction of sp³-hybridized carbons (Fsp3) is 0.520. The molecule has 0 aromatic carbocycles. The van der Waals surface area contributed by atoms with Gasteiger partial charge in [-0.3, -0.25) is 33.8 Å². The molecular formula is C25H29FN10O10P2S2. The summed E-state index contributed by atoms with van der Waals surface area (Å²) >= 11 is 10.9. The molecule has 0 radical (unpaired) electrons. The fourth-order valence-corrected chi connectivity index (χ4v) is 8.10. The molecule has 6 atom stereocenters. The molecule has 2 bridgehead atoms. The summed E-state index contributed by atoms with van der Waals surface area (Å²) in [6, 6.07) is 0. The van der Waals surface area contributed by atoms with E-state index >= 15 is 4.39 Å². The molecule has 1 fully saturated rings. The molecule has 4 N–H and O–H groups in total. The van der Waals surface area contributed by atoms with E-state index in [0.29, 0.717) is 0 Å². The van der Waals surface area contributed by atoms with Crippen molar-refractivity contribution in [2.24, 2.45) is 5.92 Å². The molecule has 0 saturated carbocycles. The lowest BCUT2D eigenvalue weighted by Gasteiger charge is -2.25. The number of aromatic amines is 2. The van der Waals surface area contributed by atoms with Crippen molar-refractivity contribution in [2.75, 3.05) is 31.7 Å². The summed E-state index contributed by atoms with van der Waals surface area (Å²) < 4.78 is 53.8. The minimum absolute atomic E-state index is 0.00451. The molecule has 4 aromatic heterocycles. The Morgan fingerprint density at radius 3 is 2.78 bits per heavy atom. The van der Waals surface area contributed by atoms with Crippen LogP contribution in [0, 0.1) is 12.5 Å². The zero-order valence-corrected chi connectivity index (χ0v) is 29.5. The smallest absolute Gasteiger partial charge is 0.327 e. The second kappa shape index (κ2) is 14.7. The van der Waals surface area contributed by atoms with Crippen LogP contribution in [0.3, 0.4) is 0 Å². The van der Waals surface area contributed by atoms with Gasteiger partial charge in [0.15, 0.2) is 34.7 Å². The molecule has 50 heavy (non-hydrogen) atoms. The summed E-state index contributed by atoms with van der Waals surface area (Å²) in [6.45, 7) is 0.958. The number of carbonyl (C=O) groups excluding carboxylic acids is 1. The highest BCUT2D eigenvalue weighted by atomic mass is 32.5. The third-order valence-corrected chi connectivity index (χ3v) is 11.3. The van der Waals surface area contributed by atoms with E-state index in [4.69, 9.17) is 57.5 Å². The number of aromatic nitrogens is 8. The van der Waals surface area contributed by atoms with Crippen LogP contribution in [-0.2, 0) is 68.9 Å². The molecule has 2 aliphatic rings. The number of imidazole rings is 2. The lowest BCUT2D eigenvalue weighted by Crippen LogP contribution is -2.32. The SMILES string of the molecule is [C-]#[N+]CCOP1(=S)OCCn2c(nc3c(=O)[nH]cnc32)COP(O)(=S)O[C@@H]2[C@H](F)[C@@H](CO1)O[C@H]2n1cnc2c(=O)[nH]c(NC(=O)C(C)C)nc21. The van der Waals surface area contributed by atoms with Gasteiger partial charge in [-0.25, -0.2) is 25.9 Å². The maximum atomic E-state index is 16.4. The van der Waals surface area contributed by atoms with Gasteiger partial charge in [0.05, 0.1) is 25.9 Å². The van der Waals surface area contributed by atoms with E-state index in [9.17, 15) is 19.3 Å². The van der Waals surface area contributed by atoms with Crippen molar-refractivity contribution in [1.82, 2.24) is 39.0 Å².